The summed E-state index contributed by atoms with van der Waals surface area (Å²) in [5.41, 5.74) is 0.746. The minimum absolute atomic E-state index is 0.279. The molecule has 0 amide bonds. The lowest BCUT2D eigenvalue weighted by Gasteiger charge is -2.19. The van der Waals surface area contributed by atoms with Gasteiger partial charge in [-0.15, -0.1) is 11.6 Å². The SMILES string of the molecule is COc1cnc2c(c1)c(CCl)cn2C(=O)OC(C)(C)C. The molecule has 0 saturated heterocycles. The molecular weight excluding hydrogens is 280 g/mol. The summed E-state index contributed by atoms with van der Waals surface area (Å²) in [5, 5.41) is 0.783. The molecule has 0 spiro atoms. The van der Waals surface area contributed by atoms with E-state index >= 15 is 0 Å². The van der Waals surface area contributed by atoms with Gasteiger partial charge in [-0.3, -0.25) is 0 Å². The Morgan fingerprint density at radius 2 is 2.15 bits per heavy atom. The van der Waals surface area contributed by atoms with Crippen molar-refractivity contribution in [1.29, 1.82) is 0 Å². The highest BCUT2D eigenvalue weighted by atomic mass is 35.5. The van der Waals surface area contributed by atoms with Crippen LogP contribution in [0, 0.1) is 0 Å². The van der Waals surface area contributed by atoms with Crippen LogP contribution in [0.3, 0.4) is 0 Å². The fourth-order valence-corrected chi connectivity index (χ4v) is 2.03. The molecule has 20 heavy (non-hydrogen) atoms. The zero-order valence-corrected chi connectivity index (χ0v) is 12.7. The second-order valence-corrected chi connectivity index (χ2v) is 5.65. The quantitative estimate of drug-likeness (QED) is 0.795. The van der Waals surface area contributed by atoms with Crippen LogP contribution in [-0.2, 0) is 10.6 Å². The molecule has 0 aliphatic carbocycles. The number of halogens is 1. The van der Waals surface area contributed by atoms with Crippen LogP contribution in [0.15, 0.2) is 18.5 Å². The first kappa shape index (κ1) is 14.7. The Balaban J connectivity index is 2.52. The number of carbonyl (C=O) groups is 1. The highest BCUT2D eigenvalue weighted by Gasteiger charge is 2.21. The normalized spacial score (nSPS) is 11.7. The van der Waals surface area contributed by atoms with Crippen LogP contribution >= 0.6 is 11.6 Å². The summed E-state index contributed by atoms with van der Waals surface area (Å²) < 4.78 is 11.9. The third kappa shape index (κ3) is 2.88. The van der Waals surface area contributed by atoms with Crippen LogP contribution in [0.4, 0.5) is 4.79 Å². The van der Waals surface area contributed by atoms with E-state index in [1.165, 1.54) is 4.57 Å². The minimum Gasteiger partial charge on any atom is -0.495 e. The molecular formula is C14H17ClN2O3. The van der Waals surface area contributed by atoms with Crippen molar-refractivity contribution in [2.24, 2.45) is 0 Å². The molecule has 108 valence electrons. The summed E-state index contributed by atoms with van der Waals surface area (Å²) in [7, 11) is 1.56. The van der Waals surface area contributed by atoms with Crippen molar-refractivity contribution >= 4 is 28.7 Å². The molecule has 2 aromatic heterocycles. The number of carbonyl (C=O) groups excluding carboxylic acids is 1. The van der Waals surface area contributed by atoms with E-state index in [9.17, 15) is 4.79 Å². The molecule has 0 unspecified atom stereocenters. The van der Waals surface area contributed by atoms with Crippen LogP contribution in [0.5, 0.6) is 5.75 Å². The Morgan fingerprint density at radius 1 is 1.45 bits per heavy atom. The molecule has 0 aliphatic heterocycles. The molecule has 2 rings (SSSR count). The smallest absolute Gasteiger partial charge is 0.420 e. The lowest BCUT2D eigenvalue weighted by molar-refractivity contribution is 0.0543. The van der Waals surface area contributed by atoms with E-state index in [2.05, 4.69) is 4.98 Å². The number of hydrogen-bond donors (Lipinski definition) is 0. The predicted octanol–water partition coefficient (Wildman–Crippen LogP) is 3.57. The molecule has 5 nitrogen and oxygen atoms in total. The third-order valence-corrected chi connectivity index (χ3v) is 2.96. The number of alkyl halides is 1. The molecule has 0 N–H and O–H groups in total. The van der Waals surface area contributed by atoms with Gasteiger partial charge in [0, 0.05) is 17.5 Å². The van der Waals surface area contributed by atoms with Crippen LogP contribution in [0.2, 0.25) is 0 Å². The van der Waals surface area contributed by atoms with E-state index in [0.717, 1.165) is 10.9 Å². The summed E-state index contributed by atoms with van der Waals surface area (Å²) in [6, 6.07) is 1.81. The fraction of sp³-hybridized carbons (Fsp3) is 0.429. The number of ether oxygens (including phenoxy) is 2. The van der Waals surface area contributed by atoms with Gasteiger partial charge in [0.15, 0.2) is 0 Å². The summed E-state index contributed by atoms with van der Waals surface area (Å²) in [6.07, 6.45) is 2.73. The Kier molecular flexibility index (Phi) is 3.90. The number of rotatable bonds is 2. The maximum absolute atomic E-state index is 12.2. The molecule has 0 fully saturated rings. The summed E-state index contributed by atoms with van der Waals surface area (Å²) in [5.74, 6) is 0.895. The average Bonchev–Trinajstić information content (AvgIpc) is 2.74. The lowest BCUT2D eigenvalue weighted by Crippen LogP contribution is -2.26. The van der Waals surface area contributed by atoms with Crippen molar-refractivity contribution in [3.05, 3.63) is 24.0 Å². The van der Waals surface area contributed by atoms with Crippen molar-refractivity contribution in [2.45, 2.75) is 32.3 Å². The van der Waals surface area contributed by atoms with Crippen molar-refractivity contribution in [3.63, 3.8) is 0 Å². The maximum atomic E-state index is 12.2. The van der Waals surface area contributed by atoms with Crippen molar-refractivity contribution in [2.75, 3.05) is 7.11 Å². The summed E-state index contributed by atoms with van der Waals surface area (Å²) >= 11 is 5.92. The molecule has 2 heterocycles. The van der Waals surface area contributed by atoms with Gasteiger partial charge in [0.25, 0.3) is 0 Å². The number of aromatic nitrogens is 2. The molecule has 0 saturated carbocycles. The van der Waals surface area contributed by atoms with E-state index in [-0.39, 0.29) is 5.88 Å². The van der Waals surface area contributed by atoms with Crippen LogP contribution in [-0.4, -0.2) is 28.4 Å². The van der Waals surface area contributed by atoms with Crippen molar-refractivity contribution in [1.82, 2.24) is 9.55 Å². The van der Waals surface area contributed by atoms with Gasteiger partial charge < -0.3 is 9.47 Å². The van der Waals surface area contributed by atoms with Gasteiger partial charge in [-0.2, -0.15) is 0 Å². The monoisotopic (exact) mass is 296 g/mol. The number of fused-ring (bicyclic) bond motifs is 1. The molecule has 0 bridgehead atoms. The highest BCUT2D eigenvalue weighted by Crippen LogP contribution is 2.26. The first-order valence-corrected chi connectivity index (χ1v) is 6.72. The zero-order chi connectivity index (χ0) is 14.9. The number of pyridine rings is 1. The first-order chi connectivity index (χ1) is 9.35. The van der Waals surface area contributed by atoms with E-state index in [1.807, 2.05) is 20.8 Å². The second-order valence-electron chi connectivity index (χ2n) is 5.38. The van der Waals surface area contributed by atoms with E-state index in [0.29, 0.717) is 11.4 Å². The lowest BCUT2D eigenvalue weighted by atomic mass is 10.2. The van der Waals surface area contributed by atoms with E-state index < -0.39 is 11.7 Å². The molecule has 0 radical (unpaired) electrons. The maximum Gasteiger partial charge on any atom is 0.420 e. The van der Waals surface area contributed by atoms with E-state index in [4.69, 9.17) is 21.1 Å². The minimum atomic E-state index is -0.568. The Bertz CT molecular complexity index is 644. The zero-order valence-electron chi connectivity index (χ0n) is 11.9. The molecule has 0 aliphatic rings. The Morgan fingerprint density at radius 3 is 2.70 bits per heavy atom. The Hall–Kier alpha value is -1.75. The molecule has 0 aromatic carbocycles. The number of nitrogens with zero attached hydrogens (tertiary/aromatic N) is 2. The van der Waals surface area contributed by atoms with Gasteiger partial charge in [0.1, 0.15) is 17.0 Å². The van der Waals surface area contributed by atoms with Gasteiger partial charge >= 0.3 is 6.09 Å². The summed E-state index contributed by atoms with van der Waals surface area (Å²) in [6.45, 7) is 5.44. The second kappa shape index (κ2) is 5.32. The summed E-state index contributed by atoms with van der Waals surface area (Å²) in [4.78, 5) is 16.4. The van der Waals surface area contributed by atoms with Gasteiger partial charge in [0.2, 0.25) is 0 Å². The standard InChI is InChI=1S/C14H17ClN2O3/c1-14(2,3)20-13(18)17-8-9(6-15)11-5-10(19-4)7-16-12(11)17/h5,7-8H,6H2,1-4H3. The predicted molar refractivity (Wildman–Crippen MR) is 77.5 cm³/mol. The third-order valence-electron chi connectivity index (χ3n) is 2.67. The highest BCUT2D eigenvalue weighted by molar-refractivity contribution is 6.18. The van der Waals surface area contributed by atoms with Crippen molar-refractivity contribution in [3.8, 4) is 5.75 Å². The van der Waals surface area contributed by atoms with E-state index in [1.54, 1.807) is 25.6 Å². The van der Waals surface area contributed by atoms with Crippen LogP contribution in [0.25, 0.3) is 11.0 Å². The molecule has 2 aromatic rings. The van der Waals surface area contributed by atoms with Gasteiger partial charge in [0.05, 0.1) is 13.3 Å². The number of hydrogen-bond acceptors (Lipinski definition) is 4. The topological polar surface area (TPSA) is 53.4 Å². The fourth-order valence-electron chi connectivity index (χ4n) is 1.82. The molecule has 6 heteroatoms. The van der Waals surface area contributed by atoms with Gasteiger partial charge in [-0.1, -0.05) is 0 Å². The van der Waals surface area contributed by atoms with Crippen LogP contribution < -0.4 is 4.74 Å². The van der Waals surface area contributed by atoms with Crippen molar-refractivity contribution < 1.29 is 14.3 Å². The van der Waals surface area contributed by atoms with Gasteiger partial charge in [-0.05, 0) is 32.4 Å². The Labute approximate surface area is 122 Å². The van der Waals surface area contributed by atoms with Crippen LogP contribution in [0.1, 0.15) is 26.3 Å². The number of methoxy groups -OCH3 is 1. The van der Waals surface area contributed by atoms with Gasteiger partial charge in [-0.25, -0.2) is 14.3 Å². The molecule has 0 atom stereocenters. The first-order valence-electron chi connectivity index (χ1n) is 6.19. The largest absolute Gasteiger partial charge is 0.495 e. The average molecular weight is 297 g/mol.